The van der Waals surface area contributed by atoms with Crippen LogP contribution in [-0.4, -0.2) is 23.0 Å². The van der Waals surface area contributed by atoms with E-state index in [9.17, 15) is 4.79 Å². The average Bonchev–Trinajstić information content (AvgIpc) is 2.64. The maximum absolute atomic E-state index is 12.8. The first-order valence-corrected chi connectivity index (χ1v) is 9.08. The van der Waals surface area contributed by atoms with E-state index < -0.39 is 0 Å². The van der Waals surface area contributed by atoms with Gasteiger partial charge in [0, 0.05) is 22.8 Å². The number of hydrogen-bond donors (Lipinski definition) is 2. The van der Waals surface area contributed by atoms with Crippen LogP contribution in [0.5, 0.6) is 5.75 Å². The van der Waals surface area contributed by atoms with E-state index in [2.05, 4.69) is 20.6 Å². The summed E-state index contributed by atoms with van der Waals surface area (Å²) in [6, 6.07) is 12.9. The summed E-state index contributed by atoms with van der Waals surface area (Å²) in [4.78, 5) is 21.4. The number of rotatable bonds is 5. The molecule has 0 unspecified atom stereocenters. The monoisotopic (exact) mass is 396 g/mol. The molecule has 2 N–H and O–H groups in total. The molecule has 0 atom stereocenters. The van der Waals surface area contributed by atoms with Crippen molar-refractivity contribution in [2.24, 2.45) is 0 Å². The van der Waals surface area contributed by atoms with Gasteiger partial charge < -0.3 is 15.4 Å². The van der Waals surface area contributed by atoms with Gasteiger partial charge in [-0.05, 0) is 50.1 Å². The fourth-order valence-electron chi connectivity index (χ4n) is 2.73. The summed E-state index contributed by atoms with van der Waals surface area (Å²) in [5.74, 6) is 1.15. The molecule has 0 spiro atoms. The number of aromatic nitrogens is 2. The van der Waals surface area contributed by atoms with Gasteiger partial charge in [0.1, 0.15) is 23.1 Å². The molecule has 7 heteroatoms. The minimum absolute atomic E-state index is 0.248. The number of nitrogens with one attached hydrogen (secondary N) is 2. The Kier molecular flexibility index (Phi) is 5.80. The summed E-state index contributed by atoms with van der Waals surface area (Å²) in [5, 5.41) is 6.61. The number of methoxy groups -OCH3 is 1. The van der Waals surface area contributed by atoms with Gasteiger partial charge in [0.25, 0.3) is 5.91 Å². The Morgan fingerprint density at radius 3 is 2.57 bits per heavy atom. The van der Waals surface area contributed by atoms with E-state index in [1.54, 1.807) is 25.1 Å². The molecule has 0 saturated heterocycles. The van der Waals surface area contributed by atoms with Crippen LogP contribution < -0.4 is 15.4 Å². The molecule has 3 aromatic rings. The Balaban J connectivity index is 1.86. The lowest BCUT2D eigenvalue weighted by Crippen LogP contribution is -2.16. The van der Waals surface area contributed by atoms with Crippen molar-refractivity contribution in [2.75, 3.05) is 17.7 Å². The molecule has 0 aliphatic carbocycles. The molecule has 0 bridgehead atoms. The number of carbonyl (C=O) groups is 1. The molecule has 0 aliphatic rings. The van der Waals surface area contributed by atoms with Crippen molar-refractivity contribution in [3.8, 4) is 5.75 Å². The lowest BCUT2D eigenvalue weighted by atomic mass is 10.2. The first-order valence-electron chi connectivity index (χ1n) is 8.70. The summed E-state index contributed by atoms with van der Waals surface area (Å²) in [6.45, 7) is 5.61. The second kappa shape index (κ2) is 8.27. The van der Waals surface area contributed by atoms with Crippen LogP contribution in [0.4, 0.5) is 17.2 Å². The van der Waals surface area contributed by atoms with Gasteiger partial charge in [0.15, 0.2) is 0 Å². The van der Waals surface area contributed by atoms with Gasteiger partial charge in [0.05, 0.1) is 12.8 Å². The number of ether oxygens (including phenoxy) is 1. The van der Waals surface area contributed by atoms with Crippen molar-refractivity contribution in [2.45, 2.75) is 20.8 Å². The van der Waals surface area contributed by atoms with Crippen LogP contribution in [0, 0.1) is 20.8 Å². The highest BCUT2D eigenvalue weighted by molar-refractivity contribution is 6.31. The molecule has 28 heavy (non-hydrogen) atoms. The molecule has 2 aromatic carbocycles. The van der Waals surface area contributed by atoms with Crippen LogP contribution in [0.1, 0.15) is 27.4 Å². The van der Waals surface area contributed by atoms with Crippen molar-refractivity contribution >= 4 is 34.7 Å². The van der Waals surface area contributed by atoms with E-state index in [1.807, 2.05) is 38.1 Å². The molecule has 0 fully saturated rings. The molecule has 1 aromatic heterocycles. The van der Waals surface area contributed by atoms with E-state index in [0.717, 1.165) is 16.8 Å². The second-order valence-corrected chi connectivity index (χ2v) is 6.84. The van der Waals surface area contributed by atoms with Gasteiger partial charge in [-0.3, -0.25) is 4.79 Å². The number of nitrogens with zero attached hydrogens (tertiary/aromatic N) is 2. The molecular weight excluding hydrogens is 376 g/mol. The molecule has 6 nitrogen and oxygen atoms in total. The SMILES string of the molecule is COc1cc(Cl)c(C)cc1NC(=O)c1cc(Nc2cccc(C)c2)nc(C)n1. The summed E-state index contributed by atoms with van der Waals surface area (Å²) < 4.78 is 5.31. The Morgan fingerprint density at radius 1 is 1.07 bits per heavy atom. The molecule has 1 amide bonds. The van der Waals surface area contributed by atoms with Crippen molar-refractivity contribution in [1.29, 1.82) is 0 Å². The van der Waals surface area contributed by atoms with Crippen LogP contribution in [0.15, 0.2) is 42.5 Å². The highest BCUT2D eigenvalue weighted by Gasteiger charge is 2.15. The number of hydrogen-bond acceptors (Lipinski definition) is 5. The van der Waals surface area contributed by atoms with Gasteiger partial charge in [-0.15, -0.1) is 0 Å². The number of carbonyl (C=O) groups excluding carboxylic acids is 1. The van der Waals surface area contributed by atoms with E-state index in [1.165, 1.54) is 7.11 Å². The van der Waals surface area contributed by atoms with E-state index in [4.69, 9.17) is 16.3 Å². The molecule has 0 radical (unpaired) electrons. The fraction of sp³-hybridized carbons (Fsp3) is 0.190. The number of halogens is 1. The van der Waals surface area contributed by atoms with Crippen LogP contribution in [0.2, 0.25) is 5.02 Å². The summed E-state index contributed by atoms with van der Waals surface area (Å²) in [6.07, 6.45) is 0. The van der Waals surface area contributed by atoms with E-state index >= 15 is 0 Å². The minimum atomic E-state index is -0.363. The smallest absolute Gasteiger partial charge is 0.274 e. The van der Waals surface area contributed by atoms with Crippen molar-refractivity contribution in [3.05, 3.63) is 70.1 Å². The topological polar surface area (TPSA) is 76.1 Å². The maximum Gasteiger partial charge on any atom is 0.274 e. The van der Waals surface area contributed by atoms with Gasteiger partial charge in [-0.25, -0.2) is 9.97 Å². The van der Waals surface area contributed by atoms with Crippen LogP contribution >= 0.6 is 11.6 Å². The average molecular weight is 397 g/mol. The Labute approximate surface area is 168 Å². The predicted molar refractivity (Wildman–Crippen MR) is 112 cm³/mol. The lowest BCUT2D eigenvalue weighted by Gasteiger charge is -2.13. The zero-order valence-electron chi connectivity index (χ0n) is 16.1. The van der Waals surface area contributed by atoms with Gasteiger partial charge in [0.2, 0.25) is 0 Å². The van der Waals surface area contributed by atoms with E-state index in [-0.39, 0.29) is 11.6 Å². The van der Waals surface area contributed by atoms with Gasteiger partial charge in [-0.2, -0.15) is 0 Å². The fourth-order valence-corrected chi connectivity index (χ4v) is 2.89. The summed E-state index contributed by atoms with van der Waals surface area (Å²) in [7, 11) is 1.52. The molecule has 0 saturated carbocycles. The standard InChI is InChI=1S/C21H21ClN4O2/c1-12-6-5-7-15(8-12)25-20-11-18(23-14(3)24-20)21(27)26-17-9-13(2)16(22)10-19(17)28-4/h5-11H,1-4H3,(H,26,27)(H,23,24,25). The molecular formula is C21H21ClN4O2. The predicted octanol–water partition coefficient (Wildman–Crippen LogP) is 5.06. The van der Waals surface area contributed by atoms with Crippen molar-refractivity contribution < 1.29 is 9.53 Å². The second-order valence-electron chi connectivity index (χ2n) is 6.44. The first kappa shape index (κ1) is 19.6. The van der Waals surface area contributed by atoms with Gasteiger partial charge >= 0.3 is 0 Å². The summed E-state index contributed by atoms with van der Waals surface area (Å²) >= 11 is 6.13. The maximum atomic E-state index is 12.8. The summed E-state index contributed by atoms with van der Waals surface area (Å²) in [5.41, 5.74) is 3.62. The number of aryl methyl sites for hydroxylation is 3. The third kappa shape index (κ3) is 4.58. The van der Waals surface area contributed by atoms with Gasteiger partial charge in [-0.1, -0.05) is 23.7 Å². The molecule has 1 heterocycles. The largest absolute Gasteiger partial charge is 0.495 e. The first-order chi connectivity index (χ1) is 13.4. The number of anilines is 3. The molecule has 144 valence electrons. The van der Waals surface area contributed by atoms with Crippen molar-refractivity contribution in [1.82, 2.24) is 9.97 Å². The zero-order valence-corrected chi connectivity index (χ0v) is 16.9. The van der Waals surface area contributed by atoms with E-state index in [0.29, 0.717) is 28.1 Å². The Morgan fingerprint density at radius 2 is 1.86 bits per heavy atom. The van der Waals surface area contributed by atoms with Crippen LogP contribution in [-0.2, 0) is 0 Å². The van der Waals surface area contributed by atoms with Crippen LogP contribution in [0.3, 0.4) is 0 Å². The quantitative estimate of drug-likeness (QED) is 0.630. The highest BCUT2D eigenvalue weighted by Crippen LogP contribution is 2.31. The Bertz CT molecular complexity index is 1040. The third-order valence-corrected chi connectivity index (χ3v) is 4.50. The molecule has 0 aliphatic heterocycles. The molecule has 3 rings (SSSR count). The third-order valence-electron chi connectivity index (χ3n) is 4.09. The van der Waals surface area contributed by atoms with Crippen molar-refractivity contribution in [3.63, 3.8) is 0 Å². The normalized spacial score (nSPS) is 10.5. The van der Waals surface area contributed by atoms with Crippen LogP contribution in [0.25, 0.3) is 0 Å². The lowest BCUT2D eigenvalue weighted by molar-refractivity contribution is 0.102. The minimum Gasteiger partial charge on any atom is -0.495 e. The Hall–Kier alpha value is -3.12. The number of benzene rings is 2. The number of amides is 1. The zero-order chi connectivity index (χ0) is 20.3. The highest BCUT2D eigenvalue weighted by atomic mass is 35.5.